The van der Waals surface area contributed by atoms with Crippen molar-refractivity contribution in [2.45, 2.75) is 6.42 Å². The smallest absolute Gasteiger partial charge is 0.423 e. The van der Waals surface area contributed by atoms with E-state index >= 15 is 0 Å². The van der Waals surface area contributed by atoms with Gasteiger partial charge in [-0.1, -0.05) is 0 Å². The van der Waals surface area contributed by atoms with E-state index in [0.717, 1.165) is 12.1 Å². The Labute approximate surface area is 86.5 Å². The number of halogens is 2. The lowest BCUT2D eigenvalue weighted by molar-refractivity contribution is 0.202. The molecule has 1 aromatic rings. The molecule has 0 aliphatic heterocycles. The highest BCUT2D eigenvalue weighted by atomic mass is 19.1. The van der Waals surface area contributed by atoms with Gasteiger partial charge in [0.25, 0.3) is 0 Å². The van der Waals surface area contributed by atoms with E-state index in [1.165, 1.54) is 7.11 Å². The molecule has 0 saturated heterocycles. The Morgan fingerprint density at radius 1 is 1.27 bits per heavy atom. The van der Waals surface area contributed by atoms with Crippen LogP contribution >= 0.6 is 0 Å². The molecule has 0 unspecified atom stereocenters. The van der Waals surface area contributed by atoms with Crippen LogP contribution in [0, 0.1) is 11.6 Å². The predicted molar refractivity (Wildman–Crippen MR) is 51.8 cm³/mol. The van der Waals surface area contributed by atoms with E-state index in [2.05, 4.69) is 0 Å². The molecule has 0 aliphatic rings. The first kappa shape index (κ1) is 12.1. The highest BCUT2D eigenvalue weighted by Crippen LogP contribution is 2.07. The summed E-state index contributed by atoms with van der Waals surface area (Å²) < 4.78 is 31.1. The Morgan fingerprint density at radius 3 is 2.20 bits per heavy atom. The van der Waals surface area contributed by atoms with Crippen molar-refractivity contribution in [3.63, 3.8) is 0 Å². The van der Waals surface area contributed by atoms with Gasteiger partial charge in [-0.25, -0.2) is 8.78 Å². The number of rotatable bonds is 4. The van der Waals surface area contributed by atoms with Crippen molar-refractivity contribution in [3.05, 3.63) is 29.3 Å². The maximum Gasteiger partial charge on any atom is 0.494 e. The first-order valence-electron chi connectivity index (χ1n) is 4.39. The first-order valence-corrected chi connectivity index (χ1v) is 4.39. The zero-order valence-electron chi connectivity index (χ0n) is 8.20. The van der Waals surface area contributed by atoms with Crippen molar-refractivity contribution in [1.29, 1.82) is 0 Å². The fourth-order valence-corrected chi connectivity index (χ4v) is 1.25. The molecule has 0 spiro atoms. The number of methoxy groups -OCH3 is 1. The number of ether oxygens (including phenoxy) is 1. The van der Waals surface area contributed by atoms with Gasteiger partial charge in [-0.3, -0.25) is 0 Å². The first-order chi connectivity index (χ1) is 7.06. The van der Waals surface area contributed by atoms with Crippen LogP contribution in [-0.2, 0) is 11.2 Å². The summed E-state index contributed by atoms with van der Waals surface area (Å²) in [4.78, 5) is 0. The maximum absolute atomic E-state index is 13.2. The standard InChI is InChI=1S/C9H11BF2O3/c1-15-3-2-6-4-7(11)9(10(13)14)8(12)5-6/h4-5,13-14H,2-3H2,1H3. The summed E-state index contributed by atoms with van der Waals surface area (Å²) in [6.45, 7) is 0.347. The predicted octanol–water partition coefficient (Wildman–Crippen LogP) is -0.166. The Balaban J connectivity index is 2.97. The van der Waals surface area contributed by atoms with E-state index in [0.29, 0.717) is 18.6 Å². The van der Waals surface area contributed by atoms with Crippen molar-refractivity contribution in [2.24, 2.45) is 0 Å². The Hall–Kier alpha value is -0.975. The highest BCUT2D eigenvalue weighted by Gasteiger charge is 2.22. The molecular weight excluding hydrogens is 205 g/mol. The van der Waals surface area contributed by atoms with Crippen molar-refractivity contribution in [3.8, 4) is 0 Å². The topological polar surface area (TPSA) is 49.7 Å². The molecule has 0 amide bonds. The minimum absolute atomic E-state index is 0.347. The van der Waals surface area contributed by atoms with Crippen LogP contribution in [0.15, 0.2) is 12.1 Å². The summed E-state index contributed by atoms with van der Waals surface area (Å²) in [6.07, 6.45) is 0.367. The van der Waals surface area contributed by atoms with Gasteiger partial charge in [-0.15, -0.1) is 0 Å². The molecule has 6 heteroatoms. The molecule has 0 radical (unpaired) electrons. The largest absolute Gasteiger partial charge is 0.494 e. The Kier molecular flexibility index (Phi) is 4.20. The minimum Gasteiger partial charge on any atom is -0.423 e. The van der Waals surface area contributed by atoms with Gasteiger partial charge < -0.3 is 14.8 Å². The van der Waals surface area contributed by atoms with Gasteiger partial charge in [0.05, 0.1) is 12.1 Å². The minimum atomic E-state index is -2.14. The number of benzene rings is 1. The van der Waals surface area contributed by atoms with Crippen LogP contribution in [0.1, 0.15) is 5.56 Å². The zero-order chi connectivity index (χ0) is 11.4. The average Bonchev–Trinajstić information content (AvgIpc) is 2.12. The van der Waals surface area contributed by atoms with Crippen LogP contribution < -0.4 is 5.46 Å². The van der Waals surface area contributed by atoms with Crippen LogP contribution in [0.3, 0.4) is 0 Å². The third-order valence-corrected chi connectivity index (χ3v) is 1.99. The molecule has 82 valence electrons. The lowest BCUT2D eigenvalue weighted by atomic mass is 9.79. The van der Waals surface area contributed by atoms with Gasteiger partial charge >= 0.3 is 7.12 Å². The normalized spacial score (nSPS) is 10.5. The lowest BCUT2D eigenvalue weighted by Gasteiger charge is -2.06. The molecule has 0 bridgehead atoms. The van der Waals surface area contributed by atoms with Crippen LogP contribution in [-0.4, -0.2) is 30.9 Å². The van der Waals surface area contributed by atoms with Crippen molar-refractivity contribution < 1.29 is 23.6 Å². The Morgan fingerprint density at radius 2 is 1.80 bits per heavy atom. The van der Waals surface area contributed by atoms with Crippen LogP contribution in [0.5, 0.6) is 0 Å². The van der Waals surface area contributed by atoms with Gasteiger partial charge in [0.15, 0.2) is 0 Å². The second-order valence-electron chi connectivity index (χ2n) is 3.09. The molecule has 3 nitrogen and oxygen atoms in total. The summed E-state index contributed by atoms with van der Waals surface area (Å²) in [6, 6.07) is 2.13. The maximum atomic E-state index is 13.2. The number of hydrogen-bond acceptors (Lipinski definition) is 3. The van der Waals surface area contributed by atoms with Crippen molar-refractivity contribution >= 4 is 12.6 Å². The van der Waals surface area contributed by atoms with Gasteiger partial charge in [0, 0.05) is 7.11 Å². The molecule has 2 N–H and O–H groups in total. The molecule has 0 heterocycles. The zero-order valence-corrected chi connectivity index (χ0v) is 8.20. The van der Waals surface area contributed by atoms with E-state index in [9.17, 15) is 8.78 Å². The van der Waals surface area contributed by atoms with Crippen LogP contribution in [0.2, 0.25) is 0 Å². The highest BCUT2D eigenvalue weighted by molar-refractivity contribution is 6.58. The van der Waals surface area contributed by atoms with E-state index in [1.54, 1.807) is 0 Å². The van der Waals surface area contributed by atoms with Gasteiger partial charge in [0.1, 0.15) is 11.6 Å². The molecule has 0 saturated carbocycles. The molecule has 0 aliphatic carbocycles. The summed E-state index contributed by atoms with van der Waals surface area (Å²) in [5, 5.41) is 17.4. The fraction of sp³-hybridized carbons (Fsp3) is 0.333. The quantitative estimate of drug-likeness (QED) is 0.687. The van der Waals surface area contributed by atoms with E-state index in [1.807, 2.05) is 0 Å². The van der Waals surface area contributed by atoms with Crippen molar-refractivity contribution in [2.75, 3.05) is 13.7 Å². The number of hydrogen-bond donors (Lipinski definition) is 2. The second-order valence-corrected chi connectivity index (χ2v) is 3.09. The van der Waals surface area contributed by atoms with Gasteiger partial charge in [-0.2, -0.15) is 0 Å². The molecule has 0 fully saturated rings. The van der Waals surface area contributed by atoms with Crippen molar-refractivity contribution in [1.82, 2.24) is 0 Å². The average molecular weight is 216 g/mol. The summed E-state index contributed by atoms with van der Waals surface area (Å²) in [7, 11) is -0.653. The van der Waals surface area contributed by atoms with E-state index in [-0.39, 0.29) is 0 Å². The molecular formula is C9H11BF2O3. The monoisotopic (exact) mass is 216 g/mol. The molecule has 15 heavy (non-hydrogen) atoms. The van der Waals surface area contributed by atoms with Gasteiger partial charge in [-0.05, 0) is 24.1 Å². The SMILES string of the molecule is COCCc1cc(F)c(B(O)O)c(F)c1. The van der Waals surface area contributed by atoms with Gasteiger partial charge in [0.2, 0.25) is 0 Å². The van der Waals surface area contributed by atoms with Crippen LogP contribution in [0.4, 0.5) is 8.78 Å². The molecule has 1 aromatic carbocycles. The Bertz CT molecular complexity index is 321. The third-order valence-electron chi connectivity index (χ3n) is 1.99. The second kappa shape index (κ2) is 5.20. The molecule has 0 aromatic heterocycles. The summed E-state index contributed by atoms with van der Waals surface area (Å²) >= 11 is 0. The fourth-order valence-electron chi connectivity index (χ4n) is 1.25. The summed E-state index contributed by atoms with van der Waals surface area (Å²) in [5.74, 6) is -1.92. The third kappa shape index (κ3) is 2.99. The van der Waals surface area contributed by atoms with E-state index < -0.39 is 24.2 Å². The molecule has 1 rings (SSSR count). The van der Waals surface area contributed by atoms with E-state index in [4.69, 9.17) is 14.8 Å². The lowest BCUT2D eigenvalue weighted by Crippen LogP contribution is -2.35. The molecule has 0 atom stereocenters. The summed E-state index contributed by atoms with van der Waals surface area (Å²) in [5.41, 5.74) is -0.313. The van der Waals surface area contributed by atoms with Crippen LogP contribution in [0.25, 0.3) is 0 Å².